The molecule has 1 amide bonds. The van der Waals surface area contributed by atoms with Gasteiger partial charge in [-0.15, -0.1) is 10.2 Å². The van der Waals surface area contributed by atoms with E-state index in [1.54, 1.807) is 25.3 Å². The van der Waals surface area contributed by atoms with Crippen LogP contribution < -0.4 is 19.5 Å². The molecule has 0 fully saturated rings. The summed E-state index contributed by atoms with van der Waals surface area (Å²) in [5.74, 6) is 1.16. The highest BCUT2D eigenvalue weighted by Gasteiger charge is 2.14. The number of methoxy groups -OCH3 is 3. The second kappa shape index (κ2) is 9.20. The normalized spacial score (nSPS) is 10.8. The fraction of sp³-hybridized carbons (Fsp3) is 0.190. The molecule has 0 unspecified atom stereocenters. The molecule has 0 bridgehead atoms. The zero-order chi connectivity index (χ0) is 20.8. The zero-order valence-corrected chi connectivity index (χ0v) is 17.4. The van der Waals surface area contributed by atoms with Gasteiger partial charge in [-0.25, -0.2) is 0 Å². The van der Waals surface area contributed by atoms with Gasteiger partial charge in [0.25, 0.3) is 0 Å². The highest BCUT2D eigenvalue weighted by atomic mass is 32.1. The Hall–Kier alpha value is -3.39. The summed E-state index contributed by atoms with van der Waals surface area (Å²) in [7, 11) is 4.61. The summed E-state index contributed by atoms with van der Waals surface area (Å²) < 4.78 is 16.0. The number of nitrogens with one attached hydrogen (secondary N) is 1. The lowest BCUT2D eigenvalue weighted by atomic mass is 10.1. The Bertz CT molecular complexity index is 1030. The van der Waals surface area contributed by atoms with Crippen molar-refractivity contribution in [2.75, 3.05) is 26.6 Å². The average molecular weight is 411 g/mol. The predicted octanol–water partition coefficient (Wildman–Crippen LogP) is 4.19. The van der Waals surface area contributed by atoms with E-state index < -0.39 is 0 Å². The van der Waals surface area contributed by atoms with Crippen molar-refractivity contribution in [2.24, 2.45) is 0 Å². The predicted molar refractivity (Wildman–Crippen MR) is 114 cm³/mol. The van der Waals surface area contributed by atoms with Crippen LogP contribution >= 0.6 is 11.3 Å². The quantitative estimate of drug-likeness (QED) is 0.587. The van der Waals surface area contributed by atoms with E-state index in [1.807, 2.05) is 31.2 Å². The van der Waals surface area contributed by atoms with Gasteiger partial charge in [0.2, 0.25) is 16.8 Å². The topological polar surface area (TPSA) is 82.6 Å². The van der Waals surface area contributed by atoms with Gasteiger partial charge in [-0.3, -0.25) is 10.1 Å². The Balaban J connectivity index is 1.73. The summed E-state index contributed by atoms with van der Waals surface area (Å²) in [6.45, 7) is 2.02. The summed E-state index contributed by atoms with van der Waals surface area (Å²) in [6, 6.07) is 11.5. The van der Waals surface area contributed by atoms with Crippen LogP contribution in [0.15, 0.2) is 42.5 Å². The van der Waals surface area contributed by atoms with Gasteiger partial charge in [-0.1, -0.05) is 41.2 Å². The lowest BCUT2D eigenvalue weighted by Gasteiger charge is -2.13. The first kappa shape index (κ1) is 20.3. The van der Waals surface area contributed by atoms with Gasteiger partial charge in [0, 0.05) is 17.2 Å². The maximum Gasteiger partial charge on any atom is 0.250 e. The SMILES string of the molecule is COc1ccc(/C=C/C(=O)Nc2nnc(-c3ccc(C)cc3)s2)c(OC)c1OC. The first-order chi connectivity index (χ1) is 14.0. The van der Waals surface area contributed by atoms with E-state index in [-0.39, 0.29) is 5.91 Å². The number of carbonyl (C=O) groups excluding carboxylic acids is 1. The summed E-state index contributed by atoms with van der Waals surface area (Å²) in [4.78, 5) is 12.3. The molecule has 8 heteroatoms. The maximum atomic E-state index is 12.3. The molecule has 1 heterocycles. The van der Waals surface area contributed by atoms with Gasteiger partial charge in [-0.05, 0) is 25.1 Å². The standard InChI is InChI=1S/C21H21N3O4S/c1-13-5-7-15(8-6-13)20-23-24-21(29-20)22-17(25)12-10-14-9-11-16(26-2)19(28-4)18(14)27-3/h5-12H,1-4H3,(H,22,24,25)/b12-10+. The molecule has 3 rings (SSSR count). The minimum Gasteiger partial charge on any atom is -0.493 e. The first-order valence-electron chi connectivity index (χ1n) is 8.74. The Morgan fingerprint density at radius 3 is 2.34 bits per heavy atom. The monoisotopic (exact) mass is 411 g/mol. The van der Waals surface area contributed by atoms with Gasteiger partial charge in [0.1, 0.15) is 5.01 Å². The third-order valence-electron chi connectivity index (χ3n) is 4.10. The fourth-order valence-corrected chi connectivity index (χ4v) is 3.41. The highest BCUT2D eigenvalue weighted by Crippen LogP contribution is 2.40. The molecule has 0 aliphatic rings. The van der Waals surface area contributed by atoms with E-state index in [9.17, 15) is 4.79 Å². The summed E-state index contributed by atoms with van der Waals surface area (Å²) in [5.41, 5.74) is 2.81. The summed E-state index contributed by atoms with van der Waals surface area (Å²) >= 11 is 1.31. The number of carbonyl (C=O) groups is 1. The molecule has 0 aliphatic carbocycles. The van der Waals surface area contributed by atoms with E-state index in [2.05, 4.69) is 15.5 Å². The Kier molecular flexibility index (Phi) is 6.46. The number of ether oxygens (including phenoxy) is 3. The maximum absolute atomic E-state index is 12.3. The minimum absolute atomic E-state index is 0.326. The molecule has 150 valence electrons. The van der Waals surface area contributed by atoms with Crippen molar-refractivity contribution >= 4 is 28.5 Å². The molecule has 1 N–H and O–H groups in total. The molecule has 0 aliphatic heterocycles. The second-order valence-electron chi connectivity index (χ2n) is 6.02. The largest absolute Gasteiger partial charge is 0.493 e. The van der Waals surface area contributed by atoms with E-state index >= 15 is 0 Å². The average Bonchev–Trinajstić information content (AvgIpc) is 3.20. The van der Waals surface area contributed by atoms with E-state index in [0.717, 1.165) is 10.6 Å². The van der Waals surface area contributed by atoms with Gasteiger partial charge in [0.05, 0.1) is 21.3 Å². The van der Waals surface area contributed by atoms with Crippen molar-refractivity contribution in [3.8, 4) is 27.8 Å². The zero-order valence-electron chi connectivity index (χ0n) is 16.6. The van der Waals surface area contributed by atoms with Gasteiger partial charge in [0.15, 0.2) is 11.5 Å². The molecule has 2 aromatic carbocycles. The molecule has 1 aromatic heterocycles. The van der Waals surface area contributed by atoms with Crippen LogP contribution in [0.3, 0.4) is 0 Å². The van der Waals surface area contributed by atoms with Gasteiger partial charge < -0.3 is 14.2 Å². The molecular weight excluding hydrogens is 390 g/mol. The number of anilines is 1. The number of aromatic nitrogens is 2. The Morgan fingerprint density at radius 2 is 1.69 bits per heavy atom. The smallest absolute Gasteiger partial charge is 0.250 e. The number of aryl methyl sites for hydroxylation is 1. The van der Waals surface area contributed by atoms with Crippen molar-refractivity contribution in [1.82, 2.24) is 10.2 Å². The number of amides is 1. The summed E-state index contributed by atoms with van der Waals surface area (Å²) in [6.07, 6.45) is 3.04. The van der Waals surface area contributed by atoms with Crippen molar-refractivity contribution in [3.05, 3.63) is 53.6 Å². The second-order valence-corrected chi connectivity index (χ2v) is 7.00. The van der Waals surface area contributed by atoms with Crippen molar-refractivity contribution in [2.45, 2.75) is 6.92 Å². The lowest BCUT2D eigenvalue weighted by Crippen LogP contribution is -2.07. The fourth-order valence-electron chi connectivity index (χ4n) is 2.65. The van der Waals surface area contributed by atoms with Crippen LogP contribution in [-0.2, 0) is 4.79 Å². The third kappa shape index (κ3) is 4.72. The van der Waals surface area contributed by atoms with Crippen molar-refractivity contribution < 1.29 is 19.0 Å². The molecule has 0 atom stereocenters. The lowest BCUT2D eigenvalue weighted by molar-refractivity contribution is -0.111. The Morgan fingerprint density at radius 1 is 0.966 bits per heavy atom. The highest BCUT2D eigenvalue weighted by molar-refractivity contribution is 7.18. The van der Waals surface area contributed by atoms with Crippen molar-refractivity contribution in [3.63, 3.8) is 0 Å². The molecular formula is C21H21N3O4S. The Labute approximate surface area is 173 Å². The number of hydrogen-bond acceptors (Lipinski definition) is 7. The number of nitrogens with zero attached hydrogens (tertiary/aromatic N) is 2. The van der Waals surface area contributed by atoms with Crippen LogP contribution in [0.2, 0.25) is 0 Å². The number of rotatable bonds is 7. The molecule has 29 heavy (non-hydrogen) atoms. The van der Waals surface area contributed by atoms with Crippen LogP contribution in [0.1, 0.15) is 11.1 Å². The third-order valence-corrected chi connectivity index (χ3v) is 4.99. The molecule has 0 spiro atoms. The van der Waals surface area contributed by atoms with E-state index in [4.69, 9.17) is 14.2 Å². The number of benzene rings is 2. The molecule has 0 saturated heterocycles. The molecule has 0 saturated carbocycles. The van der Waals surface area contributed by atoms with Crippen LogP contribution in [0.5, 0.6) is 17.2 Å². The van der Waals surface area contributed by atoms with E-state index in [0.29, 0.717) is 27.9 Å². The molecule has 3 aromatic rings. The summed E-state index contributed by atoms with van der Waals surface area (Å²) in [5, 5.41) is 12.1. The van der Waals surface area contributed by atoms with Crippen LogP contribution in [0.25, 0.3) is 16.6 Å². The van der Waals surface area contributed by atoms with Crippen LogP contribution in [0.4, 0.5) is 5.13 Å². The van der Waals surface area contributed by atoms with Crippen LogP contribution in [-0.4, -0.2) is 37.4 Å². The minimum atomic E-state index is -0.326. The first-order valence-corrected chi connectivity index (χ1v) is 9.56. The molecule has 0 radical (unpaired) electrons. The number of hydrogen-bond donors (Lipinski definition) is 1. The van der Waals surface area contributed by atoms with Crippen molar-refractivity contribution in [1.29, 1.82) is 0 Å². The van der Waals surface area contributed by atoms with Gasteiger partial charge >= 0.3 is 0 Å². The molecule has 7 nitrogen and oxygen atoms in total. The van der Waals surface area contributed by atoms with E-state index in [1.165, 1.54) is 37.2 Å². The van der Waals surface area contributed by atoms with Crippen LogP contribution in [0, 0.1) is 6.92 Å². The van der Waals surface area contributed by atoms with Gasteiger partial charge in [-0.2, -0.15) is 0 Å².